The third-order valence-electron chi connectivity index (χ3n) is 5.79. The van der Waals surface area contributed by atoms with Crippen molar-refractivity contribution in [3.05, 3.63) is 112 Å². The molecule has 5 rings (SSSR count). The van der Waals surface area contributed by atoms with Crippen molar-refractivity contribution in [2.45, 2.75) is 19.5 Å². The summed E-state index contributed by atoms with van der Waals surface area (Å²) in [5.41, 5.74) is 3.05. The van der Waals surface area contributed by atoms with Crippen LogP contribution in [0.25, 0.3) is 17.0 Å². The molecule has 1 aliphatic heterocycles. The Morgan fingerprint density at radius 1 is 1.03 bits per heavy atom. The van der Waals surface area contributed by atoms with Crippen molar-refractivity contribution < 1.29 is 18.1 Å². The third kappa shape index (κ3) is 4.65. The highest BCUT2D eigenvalue weighted by Gasteiger charge is 2.36. The zero-order chi connectivity index (χ0) is 24.5. The van der Waals surface area contributed by atoms with E-state index in [2.05, 4.69) is 15.5 Å². The quantitative estimate of drug-likeness (QED) is 0.351. The lowest BCUT2D eigenvalue weighted by atomic mass is 9.94. The van der Waals surface area contributed by atoms with E-state index in [1.165, 1.54) is 29.2 Å². The Morgan fingerprint density at radius 3 is 2.49 bits per heavy atom. The van der Waals surface area contributed by atoms with Crippen molar-refractivity contribution in [3.63, 3.8) is 0 Å². The van der Waals surface area contributed by atoms with E-state index in [-0.39, 0.29) is 24.3 Å². The molecule has 1 aliphatic rings. The standard InChI is InChI=1S/C26H19ClF2N4O2/c1-15-22(25-31-24(32-35-25)17-7-9-19(27)10-8-17)23(18-3-2-4-21(29)13-18)30-26(34)33(15)14-16-5-11-20(28)12-6-16/h2-13,23H,14H2,1H3,(H,30,34). The van der Waals surface area contributed by atoms with Crippen LogP contribution < -0.4 is 5.32 Å². The van der Waals surface area contributed by atoms with Gasteiger partial charge in [0.2, 0.25) is 5.82 Å². The smallest absolute Gasteiger partial charge is 0.322 e. The molecule has 176 valence electrons. The highest BCUT2D eigenvalue weighted by Crippen LogP contribution is 2.38. The van der Waals surface area contributed by atoms with Gasteiger partial charge in [-0.15, -0.1) is 0 Å². The highest BCUT2D eigenvalue weighted by atomic mass is 35.5. The summed E-state index contributed by atoms with van der Waals surface area (Å²) in [7, 11) is 0. The molecule has 0 fully saturated rings. The first-order valence-electron chi connectivity index (χ1n) is 10.8. The van der Waals surface area contributed by atoms with Crippen molar-refractivity contribution in [1.82, 2.24) is 20.4 Å². The number of allylic oxidation sites excluding steroid dienone is 1. The number of rotatable bonds is 5. The summed E-state index contributed by atoms with van der Waals surface area (Å²) in [6.45, 7) is 1.95. The van der Waals surface area contributed by atoms with Gasteiger partial charge in [0, 0.05) is 16.3 Å². The van der Waals surface area contributed by atoms with Crippen molar-refractivity contribution in [1.29, 1.82) is 0 Å². The number of amides is 2. The average Bonchev–Trinajstić information content (AvgIpc) is 3.33. The summed E-state index contributed by atoms with van der Waals surface area (Å²) in [6.07, 6.45) is 0. The van der Waals surface area contributed by atoms with Crippen LogP contribution in [0.5, 0.6) is 0 Å². The van der Waals surface area contributed by atoms with Crippen LogP contribution in [0, 0.1) is 11.6 Å². The number of hydrogen-bond acceptors (Lipinski definition) is 4. The lowest BCUT2D eigenvalue weighted by Crippen LogP contribution is -2.45. The van der Waals surface area contributed by atoms with Crippen molar-refractivity contribution in [3.8, 4) is 11.4 Å². The molecule has 6 nitrogen and oxygen atoms in total. The minimum atomic E-state index is -0.721. The second-order valence-electron chi connectivity index (χ2n) is 8.08. The number of halogens is 3. The molecule has 0 bridgehead atoms. The van der Waals surface area contributed by atoms with Gasteiger partial charge in [-0.1, -0.05) is 41.0 Å². The number of nitrogens with one attached hydrogen (secondary N) is 1. The van der Waals surface area contributed by atoms with Gasteiger partial charge in [0.25, 0.3) is 5.89 Å². The van der Waals surface area contributed by atoms with E-state index in [1.807, 2.05) is 0 Å². The number of urea groups is 1. The molecule has 1 aromatic heterocycles. The topological polar surface area (TPSA) is 71.3 Å². The van der Waals surface area contributed by atoms with E-state index >= 15 is 0 Å². The van der Waals surface area contributed by atoms with Crippen LogP contribution in [0.4, 0.5) is 13.6 Å². The Morgan fingerprint density at radius 2 is 1.77 bits per heavy atom. The van der Waals surface area contributed by atoms with Gasteiger partial charge in [-0.05, 0) is 66.6 Å². The predicted molar refractivity (Wildman–Crippen MR) is 127 cm³/mol. The van der Waals surface area contributed by atoms with Gasteiger partial charge in [0.15, 0.2) is 0 Å². The summed E-state index contributed by atoms with van der Waals surface area (Å²) in [4.78, 5) is 19.2. The van der Waals surface area contributed by atoms with Gasteiger partial charge in [-0.3, -0.25) is 4.90 Å². The normalized spacial score (nSPS) is 15.9. The SMILES string of the molecule is CC1=C(c2nc(-c3ccc(Cl)cc3)no2)C(c2cccc(F)c2)NC(=O)N1Cc1ccc(F)cc1. The first-order chi connectivity index (χ1) is 16.9. The van der Waals surface area contributed by atoms with Gasteiger partial charge in [0.1, 0.15) is 11.6 Å². The average molecular weight is 493 g/mol. The number of benzene rings is 3. The molecule has 0 saturated heterocycles. The second kappa shape index (κ2) is 9.31. The minimum absolute atomic E-state index is 0.186. The summed E-state index contributed by atoms with van der Waals surface area (Å²) in [5, 5.41) is 7.60. The molecule has 1 N–H and O–H groups in total. The van der Waals surface area contributed by atoms with Crippen LogP contribution in [-0.4, -0.2) is 21.1 Å². The molecule has 1 unspecified atom stereocenters. The molecule has 2 amide bonds. The van der Waals surface area contributed by atoms with E-state index < -0.39 is 11.9 Å². The van der Waals surface area contributed by atoms with E-state index in [0.29, 0.717) is 33.2 Å². The Labute approximate surface area is 204 Å². The minimum Gasteiger partial charge on any atom is -0.334 e. The molecular weight excluding hydrogens is 474 g/mol. The van der Waals surface area contributed by atoms with Gasteiger partial charge in [-0.2, -0.15) is 4.98 Å². The molecule has 0 radical (unpaired) electrons. The van der Waals surface area contributed by atoms with Crippen LogP contribution in [0.3, 0.4) is 0 Å². The summed E-state index contributed by atoms with van der Waals surface area (Å²) in [6, 6.07) is 17.7. The molecule has 1 atom stereocenters. The monoisotopic (exact) mass is 492 g/mol. The number of nitrogens with zero attached hydrogens (tertiary/aromatic N) is 3. The first kappa shape index (κ1) is 22.7. The number of carbonyl (C=O) groups excluding carboxylic acids is 1. The lowest BCUT2D eigenvalue weighted by Gasteiger charge is -2.35. The molecule has 0 spiro atoms. The molecule has 2 heterocycles. The summed E-state index contributed by atoms with van der Waals surface area (Å²) in [5.74, 6) is -0.269. The fourth-order valence-electron chi connectivity index (χ4n) is 4.01. The number of hydrogen-bond donors (Lipinski definition) is 1. The molecular formula is C26H19ClF2N4O2. The van der Waals surface area contributed by atoms with Crippen LogP contribution in [-0.2, 0) is 6.54 Å². The molecule has 0 aliphatic carbocycles. The van der Waals surface area contributed by atoms with E-state index in [9.17, 15) is 13.6 Å². The Bertz CT molecular complexity index is 1420. The van der Waals surface area contributed by atoms with Crippen LogP contribution >= 0.6 is 11.6 Å². The Balaban J connectivity index is 1.59. The van der Waals surface area contributed by atoms with Crippen molar-refractivity contribution in [2.75, 3.05) is 0 Å². The van der Waals surface area contributed by atoms with Gasteiger partial charge >= 0.3 is 6.03 Å². The first-order valence-corrected chi connectivity index (χ1v) is 11.2. The third-order valence-corrected chi connectivity index (χ3v) is 6.04. The molecule has 9 heteroatoms. The molecule has 35 heavy (non-hydrogen) atoms. The zero-order valence-electron chi connectivity index (χ0n) is 18.5. The molecule has 4 aromatic rings. The Kier molecular flexibility index (Phi) is 6.05. The van der Waals surface area contributed by atoms with Crippen LogP contribution in [0.1, 0.15) is 30.0 Å². The maximum atomic E-state index is 14.1. The van der Waals surface area contributed by atoms with Crippen LogP contribution in [0.2, 0.25) is 5.02 Å². The summed E-state index contributed by atoms with van der Waals surface area (Å²) < 4.78 is 33.1. The fraction of sp³-hybridized carbons (Fsp3) is 0.115. The van der Waals surface area contributed by atoms with E-state index in [0.717, 1.165) is 5.56 Å². The summed E-state index contributed by atoms with van der Waals surface area (Å²) >= 11 is 5.98. The van der Waals surface area contributed by atoms with E-state index in [4.69, 9.17) is 16.1 Å². The largest absolute Gasteiger partial charge is 0.334 e. The Hall–Kier alpha value is -4.04. The maximum absolute atomic E-state index is 14.1. The van der Waals surface area contributed by atoms with Crippen molar-refractivity contribution >= 4 is 23.2 Å². The van der Waals surface area contributed by atoms with Gasteiger partial charge in [0.05, 0.1) is 18.2 Å². The molecule has 0 saturated carbocycles. The predicted octanol–water partition coefficient (Wildman–Crippen LogP) is 6.37. The van der Waals surface area contributed by atoms with Gasteiger partial charge in [-0.25, -0.2) is 13.6 Å². The van der Waals surface area contributed by atoms with E-state index in [1.54, 1.807) is 55.5 Å². The number of aromatic nitrogens is 2. The van der Waals surface area contributed by atoms with Gasteiger partial charge < -0.3 is 9.84 Å². The lowest BCUT2D eigenvalue weighted by molar-refractivity contribution is 0.203. The van der Waals surface area contributed by atoms with Crippen molar-refractivity contribution in [2.24, 2.45) is 0 Å². The zero-order valence-corrected chi connectivity index (χ0v) is 19.3. The highest BCUT2D eigenvalue weighted by molar-refractivity contribution is 6.30. The second-order valence-corrected chi connectivity index (χ2v) is 8.52. The molecule has 3 aromatic carbocycles. The maximum Gasteiger partial charge on any atom is 0.322 e. The fourth-order valence-corrected chi connectivity index (χ4v) is 4.13. The van der Waals surface area contributed by atoms with Crippen LogP contribution in [0.15, 0.2) is 83.0 Å². The number of carbonyl (C=O) groups is 1.